The number of piperazine rings is 1. The van der Waals surface area contributed by atoms with E-state index in [1.807, 2.05) is 0 Å². The molecule has 0 radical (unpaired) electrons. The number of hydrogen-bond donors (Lipinski definition) is 2. The van der Waals surface area contributed by atoms with Crippen molar-refractivity contribution in [2.75, 3.05) is 55.8 Å². The fraction of sp³-hybridized carbons (Fsp3) is 0.636. The number of nitrogens with one attached hydrogen (secondary N) is 1. The number of ether oxygens (including phenoxy) is 1. The SMILES string of the molecule is C=CC(=O)Nc1cc(N)c(OC)nc1N1CCC(N2CCN(C3CC3)C(C)C2)CC1. The normalized spacial score (nSPS) is 23.9. The fourth-order valence-electron chi connectivity index (χ4n) is 4.91. The minimum absolute atomic E-state index is 0.278. The summed E-state index contributed by atoms with van der Waals surface area (Å²) in [7, 11) is 1.55. The van der Waals surface area contributed by atoms with Crippen molar-refractivity contribution < 1.29 is 9.53 Å². The predicted molar refractivity (Wildman–Crippen MR) is 120 cm³/mol. The lowest BCUT2D eigenvalue weighted by Gasteiger charge is -2.46. The first-order chi connectivity index (χ1) is 14.5. The lowest BCUT2D eigenvalue weighted by molar-refractivity contribution is -0.111. The number of carbonyl (C=O) groups is 1. The highest BCUT2D eigenvalue weighted by Crippen LogP contribution is 2.35. The quantitative estimate of drug-likeness (QED) is 0.688. The average Bonchev–Trinajstić information content (AvgIpc) is 3.59. The molecule has 3 N–H and O–H groups in total. The molecule has 30 heavy (non-hydrogen) atoms. The molecule has 4 rings (SSSR count). The summed E-state index contributed by atoms with van der Waals surface area (Å²) >= 11 is 0. The summed E-state index contributed by atoms with van der Waals surface area (Å²) in [5.41, 5.74) is 7.02. The maximum atomic E-state index is 11.9. The minimum atomic E-state index is -0.278. The zero-order valence-electron chi connectivity index (χ0n) is 18.1. The number of nitrogens with zero attached hydrogens (tertiary/aromatic N) is 4. The molecule has 1 aromatic heterocycles. The van der Waals surface area contributed by atoms with Crippen molar-refractivity contribution >= 4 is 23.1 Å². The molecule has 8 heteroatoms. The van der Waals surface area contributed by atoms with E-state index in [0.29, 0.717) is 35.2 Å². The molecule has 3 aliphatic rings. The summed E-state index contributed by atoms with van der Waals surface area (Å²) in [6, 6.07) is 3.81. The maximum Gasteiger partial charge on any atom is 0.247 e. The molecule has 1 saturated carbocycles. The van der Waals surface area contributed by atoms with Crippen molar-refractivity contribution in [2.24, 2.45) is 0 Å². The molecule has 1 atom stereocenters. The van der Waals surface area contributed by atoms with Crippen LogP contribution in [0.2, 0.25) is 0 Å². The summed E-state index contributed by atoms with van der Waals surface area (Å²) in [6.07, 6.45) is 6.18. The van der Waals surface area contributed by atoms with E-state index in [2.05, 4.69) is 38.5 Å². The zero-order chi connectivity index (χ0) is 21.3. The Labute approximate surface area is 179 Å². The first-order valence-corrected chi connectivity index (χ1v) is 11.0. The third-order valence-electron chi connectivity index (χ3n) is 6.64. The summed E-state index contributed by atoms with van der Waals surface area (Å²) in [6.45, 7) is 11.2. The van der Waals surface area contributed by atoms with Gasteiger partial charge in [0.1, 0.15) is 0 Å². The van der Waals surface area contributed by atoms with Crippen LogP contribution in [-0.2, 0) is 4.79 Å². The molecule has 2 aliphatic heterocycles. The van der Waals surface area contributed by atoms with Crippen LogP contribution in [0.15, 0.2) is 18.7 Å². The standard InChI is InChI=1S/C22H34N6O2/c1-4-20(29)24-19-13-18(23)22(30-3)25-21(19)26-9-7-16(8-10-26)27-11-12-28(15(2)14-27)17-5-6-17/h4,13,15-17H,1,5-12,14,23H2,2-3H3,(H,24,29). The molecule has 0 spiro atoms. The number of aromatic nitrogens is 1. The van der Waals surface area contributed by atoms with Gasteiger partial charge in [0.25, 0.3) is 0 Å². The van der Waals surface area contributed by atoms with E-state index in [4.69, 9.17) is 10.5 Å². The molecule has 164 valence electrons. The van der Waals surface area contributed by atoms with Crippen molar-refractivity contribution in [1.29, 1.82) is 0 Å². The lowest BCUT2D eigenvalue weighted by atomic mass is 10.0. The van der Waals surface area contributed by atoms with Crippen LogP contribution in [0.4, 0.5) is 17.2 Å². The molecule has 3 heterocycles. The second kappa shape index (κ2) is 8.81. The molecule has 8 nitrogen and oxygen atoms in total. The van der Waals surface area contributed by atoms with Gasteiger partial charge in [-0.1, -0.05) is 6.58 Å². The van der Waals surface area contributed by atoms with Crippen LogP contribution < -0.4 is 20.7 Å². The fourth-order valence-corrected chi connectivity index (χ4v) is 4.91. The molecule has 3 fully saturated rings. The van der Waals surface area contributed by atoms with Crippen molar-refractivity contribution in [2.45, 2.75) is 50.7 Å². The average molecular weight is 415 g/mol. The van der Waals surface area contributed by atoms with Gasteiger partial charge in [-0.15, -0.1) is 0 Å². The first kappa shape index (κ1) is 20.9. The van der Waals surface area contributed by atoms with Gasteiger partial charge in [0.2, 0.25) is 11.8 Å². The van der Waals surface area contributed by atoms with Crippen LogP contribution in [0.5, 0.6) is 5.88 Å². The molecule has 1 aliphatic carbocycles. The molecule has 0 aromatic carbocycles. The van der Waals surface area contributed by atoms with Crippen LogP contribution in [0.25, 0.3) is 0 Å². The van der Waals surface area contributed by atoms with E-state index in [-0.39, 0.29) is 5.91 Å². The van der Waals surface area contributed by atoms with Crippen LogP contribution in [-0.4, -0.2) is 78.7 Å². The number of hydrogen-bond acceptors (Lipinski definition) is 7. The number of nitrogen functional groups attached to an aromatic ring is 1. The zero-order valence-corrected chi connectivity index (χ0v) is 18.1. The van der Waals surface area contributed by atoms with E-state index in [1.54, 1.807) is 13.2 Å². The molecule has 1 unspecified atom stereocenters. The summed E-state index contributed by atoms with van der Waals surface area (Å²) in [5, 5.41) is 2.84. The van der Waals surface area contributed by atoms with Crippen molar-refractivity contribution in [3.05, 3.63) is 18.7 Å². The Hall–Kier alpha value is -2.32. The van der Waals surface area contributed by atoms with E-state index in [0.717, 1.165) is 38.5 Å². The topological polar surface area (TPSA) is 87.0 Å². The number of methoxy groups -OCH3 is 1. The van der Waals surface area contributed by atoms with Gasteiger partial charge in [-0.25, -0.2) is 0 Å². The molecular formula is C22H34N6O2. The summed E-state index contributed by atoms with van der Waals surface area (Å²) < 4.78 is 5.32. The van der Waals surface area contributed by atoms with E-state index in [9.17, 15) is 4.79 Å². The van der Waals surface area contributed by atoms with Crippen molar-refractivity contribution in [3.8, 4) is 5.88 Å². The lowest BCUT2D eigenvalue weighted by Crippen LogP contribution is -2.57. The van der Waals surface area contributed by atoms with E-state index >= 15 is 0 Å². The maximum absolute atomic E-state index is 11.9. The number of carbonyl (C=O) groups excluding carboxylic acids is 1. The van der Waals surface area contributed by atoms with Gasteiger partial charge in [-0.05, 0) is 44.7 Å². The Balaban J connectivity index is 1.42. The smallest absolute Gasteiger partial charge is 0.247 e. The Morgan fingerprint density at radius 2 is 1.97 bits per heavy atom. The predicted octanol–water partition coefficient (Wildman–Crippen LogP) is 1.93. The summed E-state index contributed by atoms with van der Waals surface area (Å²) in [5.74, 6) is 0.815. The highest BCUT2D eigenvalue weighted by atomic mass is 16.5. The molecule has 1 amide bonds. The van der Waals surface area contributed by atoms with Gasteiger partial charge < -0.3 is 20.7 Å². The number of pyridine rings is 1. The molecular weight excluding hydrogens is 380 g/mol. The highest BCUT2D eigenvalue weighted by Gasteiger charge is 2.37. The Bertz CT molecular complexity index is 788. The van der Waals surface area contributed by atoms with Gasteiger partial charge in [0.15, 0.2) is 5.82 Å². The van der Waals surface area contributed by atoms with Gasteiger partial charge in [0, 0.05) is 50.8 Å². The number of piperidine rings is 1. The number of nitrogens with two attached hydrogens (primary N) is 1. The molecule has 1 aromatic rings. The highest BCUT2D eigenvalue weighted by molar-refractivity contribution is 6.01. The summed E-state index contributed by atoms with van der Waals surface area (Å²) in [4.78, 5) is 24.1. The van der Waals surface area contributed by atoms with E-state index < -0.39 is 0 Å². The van der Waals surface area contributed by atoms with Crippen LogP contribution in [0.1, 0.15) is 32.6 Å². The van der Waals surface area contributed by atoms with Gasteiger partial charge in [0.05, 0.1) is 18.5 Å². The number of rotatable bonds is 6. The van der Waals surface area contributed by atoms with Gasteiger partial charge >= 0.3 is 0 Å². The third kappa shape index (κ3) is 4.39. The van der Waals surface area contributed by atoms with Crippen LogP contribution in [0.3, 0.4) is 0 Å². The van der Waals surface area contributed by atoms with Crippen molar-refractivity contribution in [3.63, 3.8) is 0 Å². The second-order valence-electron chi connectivity index (χ2n) is 8.68. The molecule has 0 bridgehead atoms. The minimum Gasteiger partial charge on any atom is -0.479 e. The largest absolute Gasteiger partial charge is 0.479 e. The second-order valence-corrected chi connectivity index (χ2v) is 8.68. The molecule has 2 saturated heterocycles. The monoisotopic (exact) mass is 414 g/mol. The van der Waals surface area contributed by atoms with Gasteiger partial charge in [-0.3, -0.25) is 14.6 Å². The van der Waals surface area contributed by atoms with E-state index in [1.165, 1.54) is 32.0 Å². The van der Waals surface area contributed by atoms with Crippen molar-refractivity contribution in [1.82, 2.24) is 14.8 Å². The number of amides is 1. The van der Waals surface area contributed by atoms with Gasteiger partial charge in [-0.2, -0.15) is 4.98 Å². The Morgan fingerprint density at radius 3 is 2.57 bits per heavy atom. The Morgan fingerprint density at radius 1 is 1.23 bits per heavy atom. The third-order valence-corrected chi connectivity index (χ3v) is 6.64. The Kier molecular flexibility index (Phi) is 6.15. The van der Waals surface area contributed by atoms with Crippen LogP contribution >= 0.6 is 0 Å². The first-order valence-electron chi connectivity index (χ1n) is 11.0. The number of anilines is 3. The van der Waals surface area contributed by atoms with Crippen LogP contribution in [0, 0.1) is 0 Å².